The van der Waals surface area contributed by atoms with Crippen molar-refractivity contribution in [1.82, 2.24) is 15.0 Å². The number of likely N-dealkylation sites (N-methyl/N-ethyl adjacent to an activating group) is 1. The number of rotatable bonds is 6. The summed E-state index contributed by atoms with van der Waals surface area (Å²) in [4.78, 5) is 18.4. The summed E-state index contributed by atoms with van der Waals surface area (Å²) >= 11 is 0. The Balaban J connectivity index is 1.54. The molecular weight excluding hydrogens is 314 g/mol. The first-order valence-corrected chi connectivity index (χ1v) is 8.29. The number of aromatic nitrogens is 2. The lowest BCUT2D eigenvalue weighted by atomic mass is 10.1. The lowest BCUT2D eigenvalue weighted by Crippen LogP contribution is -2.30. The van der Waals surface area contributed by atoms with Crippen molar-refractivity contribution in [3.05, 3.63) is 71.5 Å². The molecule has 1 aromatic heterocycles. The van der Waals surface area contributed by atoms with E-state index in [0.29, 0.717) is 31.1 Å². The SMILES string of the molecule is Cc1ccc(-c2nc(CCN(C)C(=O)Cc3ccccc3)no2)cc1. The molecule has 0 fully saturated rings. The molecule has 5 heteroatoms. The van der Waals surface area contributed by atoms with Gasteiger partial charge in [-0.3, -0.25) is 4.79 Å². The second kappa shape index (κ2) is 7.75. The molecule has 1 amide bonds. The quantitative estimate of drug-likeness (QED) is 0.693. The van der Waals surface area contributed by atoms with Gasteiger partial charge in [-0.05, 0) is 24.6 Å². The van der Waals surface area contributed by atoms with Crippen LogP contribution in [0.1, 0.15) is 17.0 Å². The predicted octanol–water partition coefficient (Wildman–Crippen LogP) is 3.29. The largest absolute Gasteiger partial charge is 0.345 e. The lowest BCUT2D eigenvalue weighted by molar-refractivity contribution is -0.129. The van der Waals surface area contributed by atoms with Crippen molar-refractivity contribution in [2.24, 2.45) is 0 Å². The van der Waals surface area contributed by atoms with Crippen molar-refractivity contribution < 1.29 is 9.32 Å². The summed E-state index contributed by atoms with van der Waals surface area (Å²) in [5.41, 5.74) is 3.10. The fourth-order valence-corrected chi connectivity index (χ4v) is 2.47. The van der Waals surface area contributed by atoms with Gasteiger partial charge in [0.15, 0.2) is 5.82 Å². The standard InChI is InChI=1S/C20H21N3O2/c1-15-8-10-17(11-9-15)20-21-18(22-25-20)12-13-23(2)19(24)14-16-6-4-3-5-7-16/h3-11H,12-14H2,1-2H3. The van der Waals surface area contributed by atoms with Gasteiger partial charge < -0.3 is 9.42 Å². The number of carbonyl (C=O) groups excluding carboxylic acids is 1. The maximum atomic E-state index is 12.3. The minimum atomic E-state index is 0.0773. The topological polar surface area (TPSA) is 59.2 Å². The third-order valence-corrected chi connectivity index (χ3v) is 4.06. The number of carbonyl (C=O) groups is 1. The van der Waals surface area contributed by atoms with Crippen LogP contribution in [0.5, 0.6) is 0 Å². The van der Waals surface area contributed by atoms with Crippen molar-refractivity contribution in [2.75, 3.05) is 13.6 Å². The number of aryl methyl sites for hydroxylation is 1. The number of amides is 1. The highest BCUT2D eigenvalue weighted by Gasteiger charge is 2.13. The molecule has 25 heavy (non-hydrogen) atoms. The zero-order valence-corrected chi connectivity index (χ0v) is 14.5. The third kappa shape index (κ3) is 4.53. The third-order valence-electron chi connectivity index (χ3n) is 4.06. The summed E-state index contributed by atoms with van der Waals surface area (Å²) in [6.45, 7) is 2.59. The van der Waals surface area contributed by atoms with Gasteiger partial charge in [0.25, 0.3) is 5.89 Å². The van der Waals surface area contributed by atoms with E-state index < -0.39 is 0 Å². The maximum absolute atomic E-state index is 12.3. The maximum Gasteiger partial charge on any atom is 0.257 e. The minimum absolute atomic E-state index is 0.0773. The molecule has 2 aromatic carbocycles. The second-order valence-corrected chi connectivity index (χ2v) is 6.11. The van der Waals surface area contributed by atoms with Gasteiger partial charge in [0.2, 0.25) is 5.91 Å². The molecule has 0 atom stereocenters. The first kappa shape index (κ1) is 16.9. The van der Waals surface area contributed by atoms with Crippen molar-refractivity contribution in [3.63, 3.8) is 0 Å². The van der Waals surface area contributed by atoms with Crippen molar-refractivity contribution >= 4 is 5.91 Å². The van der Waals surface area contributed by atoms with Crippen LogP contribution in [0.15, 0.2) is 59.1 Å². The number of benzene rings is 2. The van der Waals surface area contributed by atoms with Crippen LogP contribution in [0.2, 0.25) is 0 Å². The summed E-state index contributed by atoms with van der Waals surface area (Å²) in [5, 5.41) is 4.01. The summed E-state index contributed by atoms with van der Waals surface area (Å²) in [6.07, 6.45) is 0.963. The highest BCUT2D eigenvalue weighted by molar-refractivity contribution is 5.78. The summed E-state index contributed by atoms with van der Waals surface area (Å²) in [6, 6.07) is 17.7. The monoisotopic (exact) mass is 335 g/mol. The Labute approximate surface area is 147 Å². The van der Waals surface area contributed by atoms with E-state index >= 15 is 0 Å². The molecule has 0 aliphatic carbocycles. The van der Waals surface area contributed by atoms with Crippen LogP contribution in [0.4, 0.5) is 0 Å². The molecule has 128 valence electrons. The fraction of sp³-hybridized carbons (Fsp3) is 0.250. The van der Waals surface area contributed by atoms with Crippen LogP contribution in [0.3, 0.4) is 0 Å². The van der Waals surface area contributed by atoms with E-state index in [9.17, 15) is 4.79 Å². The Kier molecular flexibility index (Phi) is 5.23. The fourth-order valence-electron chi connectivity index (χ4n) is 2.47. The van der Waals surface area contributed by atoms with Gasteiger partial charge >= 0.3 is 0 Å². The lowest BCUT2D eigenvalue weighted by Gasteiger charge is -2.16. The smallest absolute Gasteiger partial charge is 0.257 e. The highest BCUT2D eigenvalue weighted by atomic mass is 16.5. The number of hydrogen-bond donors (Lipinski definition) is 0. The van der Waals surface area contributed by atoms with Gasteiger partial charge in [-0.15, -0.1) is 0 Å². The van der Waals surface area contributed by atoms with E-state index in [0.717, 1.165) is 11.1 Å². The van der Waals surface area contributed by atoms with Crippen LogP contribution in [-0.4, -0.2) is 34.5 Å². The molecule has 0 spiro atoms. The summed E-state index contributed by atoms with van der Waals surface area (Å²) < 4.78 is 5.31. The highest BCUT2D eigenvalue weighted by Crippen LogP contribution is 2.17. The molecule has 0 radical (unpaired) electrons. The Bertz CT molecular complexity index is 826. The van der Waals surface area contributed by atoms with Gasteiger partial charge in [-0.2, -0.15) is 4.98 Å². The van der Waals surface area contributed by atoms with Gasteiger partial charge in [0.05, 0.1) is 6.42 Å². The minimum Gasteiger partial charge on any atom is -0.345 e. The number of nitrogens with zero attached hydrogens (tertiary/aromatic N) is 3. The average Bonchev–Trinajstić information content (AvgIpc) is 3.10. The molecule has 1 heterocycles. The molecule has 0 N–H and O–H groups in total. The van der Waals surface area contributed by atoms with E-state index in [1.54, 1.807) is 11.9 Å². The van der Waals surface area contributed by atoms with Gasteiger partial charge in [-0.25, -0.2) is 0 Å². The van der Waals surface area contributed by atoms with Crippen LogP contribution in [0, 0.1) is 6.92 Å². The molecule has 0 saturated carbocycles. The molecule has 3 rings (SSSR count). The first-order valence-electron chi connectivity index (χ1n) is 8.29. The van der Waals surface area contributed by atoms with Crippen LogP contribution < -0.4 is 0 Å². The molecule has 5 nitrogen and oxygen atoms in total. The summed E-state index contributed by atoms with van der Waals surface area (Å²) in [7, 11) is 1.80. The first-order chi connectivity index (χ1) is 12.1. The van der Waals surface area contributed by atoms with Crippen LogP contribution in [0.25, 0.3) is 11.5 Å². The van der Waals surface area contributed by atoms with Crippen molar-refractivity contribution in [2.45, 2.75) is 19.8 Å². The normalized spacial score (nSPS) is 10.6. The van der Waals surface area contributed by atoms with E-state index in [-0.39, 0.29) is 5.91 Å². The molecule has 0 bridgehead atoms. The molecule has 3 aromatic rings. The molecule has 0 saturated heterocycles. The van der Waals surface area contributed by atoms with Crippen LogP contribution >= 0.6 is 0 Å². The molecule has 0 aliphatic heterocycles. The van der Waals surface area contributed by atoms with E-state index in [1.807, 2.05) is 61.5 Å². The van der Waals surface area contributed by atoms with E-state index in [4.69, 9.17) is 4.52 Å². The zero-order valence-electron chi connectivity index (χ0n) is 14.5. The second-order valence-electron chi connectivity index (χ2n) is 6.11. The summed E-state index contributed by atoms with van der Waals surface area (Å²) in [5.74, 6) is 1.19. The Hall–Kier alpha value is -2.95. The Morgan fingerprint density at radius 2 is 1.80 bits per heavy atom. The number of hydrogen-bond acceptors (Lipinski definition) is 4. The van der Waals surface area contributed by atoms with Gasteiger partial charge in [0.1, 0.15) is 0 Å². The van der Waals surface area contributed by atoms with Gasteiger partial charge in [0, 0.05) is 25.6 Å². The van der Waals surface area contributed by atoms with Gasteiger partial charge in [-0.1, -0.05) is 53.2 Å². The molecule has 0 aliphatic rings. The van der Waals surface area contributed by atoms with Crippen LogP contribution in [-0.2, 0) is 17.6 Å². The van der Waals surface area contributed by atoms with E-state index in [2.05, 4.69) is 10.1 Å². The van der Waals surface area contributed by atoms with Crippen molar-refractivity contribution in [1.29, 1.82) is 0 Å². The van der Waals surface area contributed by atoms with E-state index in [1.165, 1.54) is 5.56 Å². The predicted molar refractivity (Wildman–Crippen MR) is 96.0 cm³/mol. The average molecular weight is 335 g/mol. The molecule has 0 unspecified atom stereocenters. The van der Waals surface area contributed by atoms with Crippen molar-refractivity contribution in [3.8, 4) is 11.5 Å². The Morgan fingerprint density at radius 1 is 1.08 bits per heavy atom. The zero-order chi connectivity index (χ0) is 17.6. The molecular formula is C20H21N3O2. The Morgan fingerprint density at radius 3 is 2.52 bits per heavy atom.